The maximum atomic E-state index is 12.4. The minimum absolute atomic E-state index is 0.192. The van der Waals surface area contributed by atoms with Gasteiger partial charge in [0, 0.05) is 11.1 Å². The van der Waals surface area contributed by atoms with Gasteiger partial charge >= 0.3 is 0 Å². The molecule has 8 nitrogen and oxygen atoms in total. The molecule has 0 saturated carbocycles. The van der Waals surface area contributed by atoms with Gasteiger partial charge in [-0.2, -0.15) is 9.61 Å². The van der Waals surface area contributed by atoms with E-state index in [0.717, 1.165) is 22.1 Å². The van der Waals surface area contributed by atoms with E-state index in [1.54, 1.807) is 35.9 Å². The topological polar surface area (TPSA) is 93.4 Å². The molecule has 0 aliphatic rings. The number of amides is 1. The Labute approximate surface area is 175 Å². The summed E-state index contributed by atoms with van der Waals surface area (Å²) in [7, 11) is 1.57. The number of anilines is 1. The molecule has 0 bridgehead atoms. The number of hydrogen-bond acceptors (Lipinski definition) is 7. The summed E-state index contributed by atoms with van der Waals surface area (Å²) in [6, 6.07) is 14.4. The maximum absolute atomic E-state index is 12.4. The number of carbonyl (C=O) groups excluding carboxylic acids is 1. The fourth-order valence-corrected chi connectivity index (χ4v) is 3.80. The molecule has 2 heterocycles. The third-order valence-corrected chi connectivity index (χ3v) is 5.27. The molecule has 2 aromatic carbocycles. The average Bonchev–Trinajstić information content (AvgIpc) is 3.30. The first-order valence-corrected chi connectivity index (χ1v) is 9.82. The van der Waals surface area contributed by atoms with Crippen LogP contribution in [0.5, 0.6) is 5.75 Å². The maximum Gasteiger partial charge on any atom is 0.257 e. The highest BCUT2D eigenvalue weighted by Gasteiger charge is 2.15. The lowest BCUT2D eigenvalue weighted by Crippen LogP contribution is -2.34. The van der Waals surface area contributed by atoms with E-state index < -0.39 is 0 Å². The highest BCUT2D eigenvalue weighted by atomic mass is 32.1. The quantitative estimate of drug-likeness (QED) is 0.486. The number of fused-ring (bicyclic) bond motifs is 1. The van der Waals surface area contributed by atoms with Crippen molar-refractivity contribution < 1.29 is 9.53 Å². The van der Waals surface area contributed by atoms with E-state index in [1.165, 1.54) is 11.3 Å². The summed E-state index contributed by atoms with van der Waals surface area (Å²) >= 11 is 6.75. The first kappa shape index (κ1) is 19.0. The molecule has 0 radical (unpaired) electrons. The Hall–Kier alpha value is -3.37. The molecular formula is C19H16N6O2S2. The summed E-state index contributed by atoms with van der Waals surface area (Å²) in [6.07, 6.45) is 0. The Morgan fingerprint density at radius 2 is 1.90 bits per heavy atom. The third-order valence-electron chi connectivity index (χ3n) is 4.13. The lowest BCUT2D eigenvalue weighted by molar-refractivity contribution is 0.0977. The number of benzene rings is 2. The first-order chi connectivity index (χ1) is 14.0. The monoisotopic (exact) mass is 424 g/mol. The van der Waals surface area contributed by atoms with Gasteiger partial charge in [-0.25, -0.2) is 0 Å². The van der Waals surface area contributed by atoms with Crippen molar-refractivity contribution in [1.82, 2.24) is 25.1 Å². The molecule has 0 aliphatic carbocycles. The van der Waals surface area contributed by atoms with Crippen molar-refractivity contribution in [3.8, 4) is 16.3 Å². The normalized spacial score (nSPS) is 10.7. The number of aryl methyl sites for hydroxylation is 1. The number of ether oxygens (including phenoxy) is 1. The zero-order chi connectivity index (χ0) is 20.4. The van der Waals surface area contributed by atoms with Crippen molar-refractivity contribution in [3.05, 3.63) is 59.9 Å². The summed E-state index contributed by atoms with van der Waals surface area (Å²) < 4.78 is 6.80. The van der Waals surface area contributed by atoms with Gasteiger partial charge in [-0.15, -0.1) is 10.2 Å². The van der Waals surface area contributed by atoms with Crippen LogP contribution in [0, 0.1) is 6.92 Å². The predicted octanol–water partition coefficient (Wildman–Crippen LogP) is 3.30. The van der Waals surface area contributed by atoms with E-state index in [-0.39, 0.29) is 11.0 Å². The lowest BCUT2D eigenvalue weighted by atomic mass is 10.2. The second kappa shape index (κ2) is 7.94. The highest BCUT2D eigenvalue weighted by molar-refractivity contribution is 7.80. The lowest BCUT2D eigenvalue weighted by Gasteiger charge is -2.12. The van der Waals surface area contributed by atoms with E-state index >= 15 is 0 Å². The molecule has 4 rings (SSSR count). The molecule has 0 unspecified atom stereocenters. The van der Waals surface area contributed by atoms with Crippen LogP contribution in [0.3, 0.4) is 0 Å². The van der Waals surface area contributed by atoms with Gasteiger partial charge in [-0.3, -0.25) is 10.1 Å². The van der Waals surface area contributed by atoms with Crippen LogP contribution < -0.4 is 15.4 Å². The predicted molar refractivity (Wildman–Crippen MR) is 116 cm³/mol. The fraction of sp³-hybridized carbons (Fsp3) is 0.105. The minimum atomic E-state index is -0.308. The van der Waals surface area contributed by atoms with E-state index in [0.29, 0.717) is 16.3 Å². The van der Waals surface area contributed by atoms with Crippen molar-refractivity contribution >= 4 is 45.2 Å². The van der Waals surface area contributed by atoms with Crippen molar-refractivity contribution in [3.63, 3.8) is 0 Å². The molecule has 2 N–H and O–H groups in total. The van der Waals surface area contributed by atoms with Gasteiger partial charge in [0.1, 0.15) is 10.8 Å². The van der Waals surface area contributed by atoms with E-state index in [1.807, 2.05) is 31.2 Å². The standard InChI is InChI=1S/C19H16N6O2S2/c1-11-22-23-19-25(11)24-17(29-19)14-5-3-4-6-15(14)20-18(28)21-16(26)12-7-9-13(27-2)10-8-12/h3-10H,1-2H3,(H2,20,21,26,28). The first-order valence-electron chi connectivity index (χ1n) is 8.60. The summed E-state index contributed by atoms with van der Waals surface area (Å²) in [5.74, 6) is 1.09. The molecule has 1 amide bonds. The number of thiocarbonyl (C=S) groups is 1. The second-order valence-electron chi connectivity index (χ2n) is 6.03. The zero-order valence-corrected chi connectivity index (χ0v) is 17.2. The molecule has 0 atom stereocenters. The van der Waals surface area contributed by atoms with Crippen LogP contribution in [-0.4, -0.2) is 37.9 Å². The van der Waals surface area contributed by atoms with E-state index in [2.05, 4.69) is 25.9 Å². The Balaban J connectivity index is 1.51. The largest absolute Gasteiger partial charge is 0.497 e. The van der Waals surface area contributed by atoms with Crippen molar-refractivity contribution in [2.45, 2.75) is 6.92 Å². The number of aromatic nitrogens is 4. The molecule has 10 heteroatoms. The van der Waals surface area contributed by atoms with Crippen LogP contribution in [0.4, 0.5) is 5.69 Å². The van der Waals surface area contributed by atoms with Crippen LogP contribution in [0.25, 0.3) is 15.5 Å². The van der Waals surface area contributed by atoms with Gasteiger partial charge in [-0.05, 0) is 55.5 Å². The van der Waals surface area contributed by atoms with Gasteiger partial charge in [0.2, 0.25) is 4.96 Å². The molecule has 4 aromatic rings. The van der Waals surface area contributed by atoms with Crippen LogP contribution in [-0.2, 0) is 0 Å². The van der Waals surface area contributed by atoms with Crippen molar-refractivity contribution in [2.75, 3.05) is 12.4 Å². The molecular weight excluding hydrogens is 408 g/mol. The Morgan fingerprint density at radius 3 is 2.62 bits per heavy atom. The Bertz CT molecular complexity index is 1200. The van der Waals surface area contributed by atoms with Crippen LogP contribution in [0.2, 0.25) is 0 Å². The average molecular weight is 425 g/mol. The van der Waals surface area contributed by atoms with Gasteiger partial charge in [-0.1, -0.05) is 23.5 Å². The number of nitrogens with zero attached hydrogens (tertiary/aromatic N) is 4. The Morgan fingerprint density at radius 1 is 1.14 bits per heavy atom. The van der Waals surface area contributed by atoms with E-state index in [4.69, 9.17) is 17.0 Å². The van der Waals surface area contributed by atoms with Crippen molar-refractivity contribution in [2.24, 2.45) is 0 Å². The molecule has 0 saturated heterocycles. The van der Waals surface area contributed by atoms with Crippen LogP contribution in [0.1, 0.15) is 16.2 Å². The molecule has 29 heavy (non-hydrogen) atoms. The van der Waals surface area contributed by atoms with Gasteiger partial charge in [0.05, 0.1) is 12.8 Å². The minimum Gasteiger partial charge on any atom is -0.497 e. The molecule has 0 fully saturated rings. The number of methoxy groups -OCH3 is 1. The van der Waals surface area contributed by atoms with Crippen LogP contribution >= 0.6 is 23.6 Å². The molecule has 2 aromatic heterocycles. The summed E-state index contributed by atoms with van der Waals surface area (Å²) in [4.78, 5) is 13.1. The smallest absolute Gasteiger partial charge is 0.257 e. The highest BCUT2D eigenvalue weighted by Crippen LogP contribution is 2.31. The number of carbonyl (C=O) groups is 1. The van der Waals surface area contributed by atoms with E-state index in [9.17, 15) is 4.79 Å². The summed E-state index contributed by atoms with van der Waals surface area (Å²) in [6.45, 7) is 1.84. The van der Waals surface area contributed by atoms with Gasteiger partial charge in [0.25, 0.3) is 5.91 Å². The summed E-state index contributed by atoms with van der Waals surface area (Å²) in [5, 5.41) is 19.4. The van der Waals surface area contributed by atoms with Gasteiger partial charge < -0.3 is 10.1 Å². The SMILES string of the molecule is COc1ccc(C(=O)NC(=S)Nc2ccccc2-c2nn3c(C)nnc3s2)cc1. The zero-order valence-electron chi connectivity index (χ0n) is 15.5. The number of nitrogens with one attached hydrogen (secondary N) is 2. The number of hydrogen-bond donors (Lipinski definition) is 2. The molecule has 0 aliphatic heterocycles. The summed E-state index contributed by atoms with van der Waals surface area (Å²) in [5.41, 5.74) is 2.06. The second-order valence-corrected chi connectivity index (χ2v) is 7.40. The van der Waals surface area contributed by atoms with Gasteiger partial charge in [0.15, 0.2) is 10.9 Å². The molecule has 0 spiro atoms. The van der Waals surface area contributed by atoms with Crippen LogP contribution in [0.15, 0.2) is 48.5 Å². The molecule has 146 valence electrons. The number of para-hydroxylation sites is 1. The fourth-order valence-electron chi connectivity index (χ4n) is 2.67. The van der Waals surface area contributed by atoms with Crippen molar-refractivity contribution in [1.29, 1.82) is 0 Å². The Kier molecular flexibility index (Phi) is 5.19. The third kappa shape index (κ3) is 3.93. The number of rotatable bonds is 4.